The molecule has 0 aliphatic heterocycles. The van der Waals surface area contributed by atoms with Crippen LogP contribution in [0.3, 0.4) is 0 Å². The monoisotopic (exact) mass is 232 g/mol. The number of rotatable bonds is 8. The smallest absolute Gasteiger partial charge is 0.220 e. The zero-order chi connectivity index (χ0) is 12.6. The van der Waals surface area contributed by atoms with Gasteiger partial charge < -0.3 is 20.5 Å². The number of nitrogens with two attached hydrogens (primary N) is 1. The molecule has 5 heteroatoms. The Morgan fingerprint density at radius 2 is 1.88 bits per heavy atom. The minimum atomic E-state index is -0.405. The molecule has 0 aromatic heterocycles. The topological polar surface area (TPSA) is 73.6 Å². The first-order valence-electron chi connectivity index (χ1n) is 5.61. The van der Waals surface area contributed by atoms with E-state index in [1.807, 2.05) is 13.8 Å². The molecule has 0 spiro atoms. The third-order valence-corrected chi connectivity index (χ3v) is 2.32. The van der Waals surface area contributed by atoms with Crippen LogP contribution in [0.5, 0.6) is 0 Å². The second-order valence-electron chi connectivity index (χ2n) is 4.07. The molecule has 0 aliphatic carbocycles. The molecule has 96 valence electrons. The summed E-state index contributed by atoms with van der Waals surface area (Å²) in [5.74, 6) is 0.00671. The zero-order valence-electron chi connectivity index (χ0n) is 10.7. The fraction of sp³-hybridized carbons (Fsp3) is 0.909. The number of carbonyl (C=O) groups is 1. The molecule has 3 N–H and O–H groups in total. The van der Waals surface area contributed by atoms with Crippen LogP contribution in [0.25, 0.3) is 0 Å². The van der Waals surface area contributed by atoms with E-state index < -0.39 is 6.29 Å². The molecule has 0 radical (unpaired) electrons. The summed E-state index contributed by atoms with van der Waals surface area (Å²) in [6, 6.07) is -0.00581. The van der Waals surface area contributed by atoms with Crippen molar-refractivity contribution in [1.29, 1.82) is 0 Å². The summed E-state index contributed by atoms with van der Waals surface area (Å²) < 4.78 is 10.1. The molecular formula is C11H24N2O3. The van der Waals surface area contributed by atoms with E-state index in [4.69, 9.17) is 15.2 Å². The molecule has 0 saturated heterocycles. The van der Waals surface area contributed by atoms with Crippen LogP contribution in [-0.4, -0.2) is 38.5 Å². The van der Waals surface area contributed by atoms with E-state index in [2.05, 4.69) is 5.32 Å². The maximum absolute atomic E-state index is 11.5. The number of nitrogens with one attached hydrogen (secondary N) is 1. The van der Waals surface area contributed by atoms with Gasteiger partial charge in [0.25, 0.3) is 0 Å². The molecule has 0 fully saturated rings. The summed E-state index contributed by atoms with van der Waals surface area (Å²) >= 11 is 0. The van der Waals surface area contributed by atoms with Gasteiger partial charge in [0.1, 0.15) is 0 Å². The van der Waals surface area contributed by atoms with Crippen LogP contribution >= 0.6 is 0 Å². The van der Waals surface area contributed by atoms with Crippen molar-refractivity contribution in [3.8, 4) is 0 Å². The van der Waals surface area contributed by atoms with Crippen molar-refractivity contribution in [2.75, 3.05) is 14.2 Å². The summed E-state index contributed by atoms with van der Waals surface area (Å²) in [5.41, 5.74) is 5.60. The molecule has 0 heterocycles. The van der Waals surface area contributed by atoms with E-state index in [-0.39, 0.29) is 18.0 Å². The van der Waals surface area contributed by atoms with Crippen LogP contribution in [0, 0.1) is 0 Å². The molecule has 5 nitrogen and oxygen atoms in total. The van der Waals surface area contributed by atoms with Crippen molar-refractivity contribution < 1.29 is 14.3 Å². The predicted molar refractivity (Wildman–Crippen MR) is 62.9 cm³/mol. The van der Waals surface area contributed by atoms with Gasteiger partial charge in [-0.15, -0.1) is 0 Å². The van der Waals surface area contributed by atoms with E-state index in [9.17, 15) is 4.79 Å². The fourth-order valence-corrected chi connectivity index (χ4v) is 1.48. The van der Waals surface area contributed by atoms with Crippen molar-refractivity contribution in [2.45, 2.75) is 51.5 Å². The van der Waals surface area contributed by atoms with Gasteiger partial charge in [0.15, 0.2) is 6.29 Å². The predicted octanol–water partition coefficient (Wildman–Crippen LogP) is 0.628. The number of ether oxygens (including phenoxy) is 2. The largest absolute Gasteiger partial charge is 0.354 e. The average molecular weight is 232 g/mol. The molecule has 16 heavy (non-hydrogen) atoms. The minimum Gasteiger partial charge on any atom is -0.354 e. The van der Waals surface area contributed by atoms with Gasteiger partial charge >= 0.3 is 0 Å². The van der Waals surface area contributed by atoms with E-state index in [1.54, 1.807) is 14.2 Å². The molecule has 0 aromatic rings. The lowest BCUT2D eigenvalue weighted by molar-refractivity contribution is -0.135. The van der Waals surface area contributed by atoms with Crippen molar-refractivity contribution >= 4 is 5.91 Å². The summed E-state index contributed by atoms with van der Waals surface area (Å²) in [6.45, 7) is 3.79. The highest BCUT2D eigenvalue weighted by molar-refractivity contribution is 5.76. The summed E-state index contributed by atoms with van der Waals surface area (Å²) in [5, 5.41) is 2.83. The number of amides is 1. The highest BCUT2D eigenvalue weighted by Gasteiger charge is 2.17. The Balaban J connectivity index is 3.77. The van der Waals surface area contributed by atoms with Gasteiger partial charge in [-0.2, -0.15) is 0 Å². The Labute approximate surface area is 97.7 Å². The lowest BCUT2D eigenvalue weighted by atomic mass is 10.1. The van der Waals surface area contributed by atoms with Gasteiger partial charge in [0.2, 0.25) is 5.91 Å². The van der Waals surface area contributed by atoms with Gasteiger partial charge in [0, 0.05) is 26.7 Å². The van der Waals surface area contributed by atoms with Crippen LogP contribution < -0.4 is 11.1 Å². The second kappa shape index (κ2) is 8.50. The second-order valence-corrected chi connectivity index (χ2v) is 4.07. The molecule has 0 rings (SSSR count). The first-order valence-corrected chi connectivity index (χ1v) is 5.61. The third-order valence-electron chi connectivity index (χ3n) is 2.32. The van der Waals surface area contributed by atoms with Gasteiger partial charge in [-0.25, -0.2) is 0 Å². The quantitative estimate of drug-likeness (QED) is 0.602. The van der Waals surface area contributed by atoms with Crippen LogP contribution in [0.15, 0.2) is 0 Å². The molecule has 0 aliphatic rings. The molecule has 1 amide bonds. The van der Waals surface area contributed by atoms with Gasteiger partial charge in [-0.05, 0) is 26.7 Å². The first kappa shape index (κ1) is 15.3. The lowest BCUT2D eigenvalue weighted by Crippen LogP contribution is -2.42. The Hall–Kier alpha value is -0.650. The van der Waals surface area contributed by atoms with Crippen LogP contribution in [0.2, 0.25) is 0 Å². The van der Waals surface area contributed by atoms with Gasteiger partial charge in [-0.1, -0.05) is 0 Å². The Morgan fingerprint density at radius 3 is 2.31 bits per heavy atom. The van der Waals surface area contributed by atoms with Crippen LogP contribution in [0.4, 0.5) is 0 Å². The molecule has 2 unspecified atom stereocenters. The molecule has 2 atom stereocenters. The van der Waals surface area contributed by atoms with Crippen LogP contribution in [-0.2, 0) is 14.3 Å². The maximum Gasteiger partial charge on any atom is 0.220 e. The number of carbonyl (C=O) groups excluding carboxylic acids is 1. The Kier molecular flexibility index (Phi) is 8.15. The van der Waals surface area contributed by atoms with Gasteiger partial charge in [-0.3, -0.25) is 4.79 Å². The van der Waals surface area contributed by atoms with E-state index in [0.29, 0.717) is 6.42 Å². The standard InChI is InChI=1S/C11H24N2O3/c1-8(12)6-5-7-10(14)13-9(2)11(15-3)16-4/h8-9,11H,5-7,12H2,1-4H3,(H,13,14). The summed E-state index contributed by atoms with van der Waals surface area (Å²) in [7, 11) is 3.10. The molecule has 0 saturated carbocycles. The van der Waals surface area contributed by atoms with Gasteiger partial charge in [0.05, 0.1) is 6.04 Å². The lowest BCUT2D eigenvalue weighted by Gasteiger charge is -2.22. The highest BCUT2D eigenvalue weighted by atomic mass is 16.7. The van der Waals surface area contributed by atoms with Crippen LogP contribution in [0.1, 0.15) is 33.1 Å². The van der Waals surface area contributed by atoms with E-state index >= 15 is 0 Å². The molecule has 0 aromatic carbocycles. The first-order chi connectivity index (χ1) is 7.51. The summed E-state index contributed by atoms with van der Waals surface area (Å²) in [6.07, 6.45) is 1.75. The Morgan fingerprint density at radius 1 is 1.31 bits per heavy atom. The summed E-state index contributed by atoms with van der Waals surface area (Å²) in [4.78, 5) is 11.5. The Bertz CT molecular complexity index is 194. The van der Waals surface area contributed by atoms with E-state index in [1.165, 1.54) is 0 Å². The van der Waals surface area contributed by atoms with Crippen molar-refractivity contribution in [3.05, 3.63) is 0 Å². The number of hydrogen-bond acceptors (Lipinski definition) is 4. The maximum atomic E-state index is 11.5. The SMILES string of the molecule is COC(OC)C(C)NC(=O)CCCC(C)N. The molecular weight excluding hydrogens is 208 g/mol. The highest BCUT2D eigenvalue weighted by Crippen LogP contribution is 2.02. The average Bonchev–Trinajstić information content (AvgIpc) is 2.18. The van der Waals surface area contributed by atoms with Crippen molar-refractivity contribution in [2.24, 2.45) is 5.73 Å². The van der Waals surface area contributed by atoms with Crippen molar-refractivity contribution in [3.63, 3.8) is 0 Å². The van der Waals surface area contributed by atoms with Crippen molar-refractivity contribution in [1.82, 2.24) is 5.32 Å². The third kappa shape index (κ3) is 6.76. The normalized spacial score (nSPS) is 14.9. The van der Waals surface area contributed by atoms with E-state index in [0.717, 1.165) is 12.8 Å². The molecule has 0 bridgehead atoms. The number of hydrogen-bond donors (Lipinski definition) is 2. The minimum absolute atomic E-state index is 0.00671. The fourth-order valence-electron chi connectivity index (χ4n) is 1.48. The number of methoxy groups -OCH3 is 2. The zero-order valence-corrected chi connectivity index (χ0v) is 10.7.